The van der Waals surface area contributed by atoms with Crippen LogP contribution in [0.2, 0.25) is 0 Å². The van der Waals surface area contributed by atoms with Crippen molar-refractivity contribution in [1.29, 1.82) is 0 Å². The first-order chi connectivity index (χ1) is 7.75. The number of hydrogen-bond donors (Lipinski definition) is 0. The van der Waals surface area contributed by atoms with E-state index in [2.05, 4.69) is 26.0 Å². The smallest absolute Gasteiger partial charge is 0.113 e. The predicted octanol–water partition coefficient (Wildman–Crippen LogP) is 3.56. The second-order valence-corrected chi connectivity index (χ2v) is 4.66. The van der Waals surface area contributed by atoms with E-state index in [1.165, 1.54) is 11.1 Å². The third kappa shape index (κ3) is 1.37. The van der Waals surface area contributed by atoms with Gasteiger partial charge >= 0.3 is 0 Å². The molecule has 0 amide bonds. The Kier molecular flexibility index (Phi) is 2.10. The highest BCUT2D eigenvalue weighted by Gasteiger charge is 2.20. The molecule has 0 saturated heterocycles. The average molecular weight is 213 g/mol. The highest BCUT2D eigenvalue weighted by atomic mass is 16.3. The minimum Gasteiger partial charge on any atom is -0.469 e. The van der Waals surface area contributed by atoms with Crippen LogP contribution in [0.1, 0.15) is 36.8 Å². The van der Waals surface area contributed by atoms with E-state index in [9.17, 15) is 0 Å². The summed E-state index contributed by atoms with van der Waals surface area (Å²) in [7, 11) is 0. The Labute approximate surface area is 95.3 Å². The summed E-state index contributed by atoms with van der Waals surface area (Å²) in [5.74, 6) is 1.56. The van der Waals surface area contributed by atoms with Crippen LogP contribution < -0.4 is 0 Å². The Morgan fingerprint density at radius 3 is 2.88 bits per heavy atom. The molecule has 0 bridgehead atoms. The molecule has 0 N–H and O–H groups in total. The van der Waals surface area contributed by atoms with E-state index in [0.717, 1.165) is 30.0 Å². The zero-order valence-corrected chi connectivity index (χ0v) is 9.66. The highest BCUT2D eigenvalue weighted by molar-refractivity contribution is 5.67. The van der Waals surface area contributed by atoms with Crippen molar-refractivity contribution in [2.75, 3.05) is 0 Å². The Bertz CT molecular complexity index is 525. The first-order valence-corrected chi connectivity index (χ1v) is 5.82. The number of pyridine rings is 1. The molecule has 2 heterocycles. The fourth-order valence-corrected chi connectivity index (χ4v) is 2.25. The summed E-state index contributed by atoms with van der Waals surface area (Å²) in [5, 5.41) is 0. The lowest BCUT2D eigenvalue weighted by Crippen LogP contribution is -2.05. The van der Waals surface area contributed by atoms with Crippen molar-refractivity contribution in [3.8, 4) is 11.3 Å². The molecule has 2 heteroatoms. The van der Waals surface area contributed by atoms with E-state index >= 15 is 0 Å². The molecule has 82 valence electrons. The second kappa shape index (κ2) is 3.48. The third-order valence-corrected chi connectivity index (χ3v) is 3.21. The molecule has 2 nitrogen and oxygen atoms in total. The summed E-state index contributed by atoms with van der Waals surface area (Å²) in [6.07, 6.45) is 3.81. The quantitative estimate of drug-likeness (QED) is 0.723. The maximum Gasteiger partial charge on any atom is 0.113 e. The number of fused-ring (bicyclic) bond motifs is 3. The molecule has 2 aromatic heterocycles. The van der Waals surface area contributed by atoms with Crippen LogP contribution in [0, 0.1) is 0 Å². The van der Waals surface area contributed by atoms with Gasteiger partial charge in [0, 0.05) is 17.7 Å². The van der Waals surface area contributed by atoms with Crippen molar-refractivity contribution < 1.29 is 4.42 Å². The van der Waals surface area contributed by atoms with Crippen molar-refractivity contribution in [1.82, 2.24) is 4.98 Å². The van der Waals surface area contributed by atoms with Crippen molar-refractivity contribution >= 4 is 0 Å². The normalized spacial score (nSPS) is 13.7. The maximum absolute atomic E-state index is 5.47. The van der Waals surface area contributed by atoms with E-state index in [-0.39, 0.29) is 0 Å². The summed E-state index contributed by atoms with van der Waals surface area (Å²) < 4.78 is 5.47. The SMILES string of the molecule is CC(C)c1ccc2c(n1)-c1ccoc1CC2. The van der Waals surface area contributed by atoms with E-state index < -0.39 is 0 Å². The molecule has 0 atom stereocenters. The predicted molar refractivity (Wildman–Crippen MR) is 63.4 cm³/mol. The largest absolute Gasteiger partial charge is 0.469 e. The molecule has 2 aromatic rings. The fraction of sp³-hybridized carbons (Fsp3) is 0.357. The molecular formula is C14H15NO. The van der Waals surface area contributed by atoms with Gasteiger partial charge < -0.3 is 4.42 Å². The Balaban J connectivity index is 2.18. The molecule has 16 heavy (non-hydrogen) atoms. The molecule has 0 aliphatic heterocycles. The second-order valence-electron chi connectivity index (χ2n) is 4.66. The van der Waals surface area contributed by atoms with Gasteiger partial charge in [-0.25, -0.2) is 0 Å². The molecule has 0 aromatic carbocycles. The minimum absolute atomic E-state index is 0.475. The monoisotopic (exact) mass is 213 g/mol. The molecule has 1 aliphatic carbocycles. The minimum atomic E-state index is 0.475. The van der Waals surface area contributed by atoms with Crippen LogP contribution >= 0.6 is 0 Å². The zero-order valence-electron chi connectivity index (χ0n) is 9.66. The summed E-state index contributed by atoms with van der Waals surface area (Å²) in [4.78, 5) is 4.77. The van der Waals surface area contributed by atoms with Crippen molar-refractivity contribution in [2.45, 2.75) is 32.6 Å². The molecule has 3 rings (SSSR count). The first kappa shape index (κ1) is 9.64. The van der Waals surface area contributed by atoms with Gasteiger partial charge in [-0.05, 0) is 30.0 Å². The first-order valence-electron chi connectivity index (χ1n) is 5.82. The van der Waals surface area contributed by atoms with Gasteiger partial charge in [0.1, 0.15) is 5.76 Å². The number of aromatic nitrogens is 1. The Morgan fingerprint density at radius 1 is 1.19 bits per heavy atom. The zero-order chi connectivity index (χ0) is 11.1. The number of hydrogen-bond acceptors (Lipinski definition) is 2. The summed E-state index contributed by atoms with van der Waals surface area (Å²) in [6, 6.07) is 6.40. The highest BCUT2D eigenvalue weighted by Crippen LogP contribution is 2.33. The fourth-order valence-electron chi connectivity index (χ4n) is 2.25. The molecule has 0 saturated carbocycles. The number of nitrogens with zero attached hydrogens (tertiary/aromatic N) is 1. The summed E-state index contributed by atoms with van der Waals surface area (Å²) >= 11 is 0. The molecule has 0 radical (unpaired) electrons. The topological polar surface area (TPSA) is 26.0 Å². The molecule has 1 aliphatic rings. The van der Waals surface area contributed by atoms with E-state index in [1.54, 1.807) is 6.26 Å². The van der Waals surface area contributed by atoms with E-state index in [4.69, 9.17) is 9.40 Å². The third-order valence-electron chi connectivity index (χ3n) is 3.21. The summed E-state index contributed by atoms with van der Waals surface area (Å²) in [6.45, 7) is 4.35. The number of rotatable bonds is 1. The van der Waals surface area contributed by atoms with Gasteiger partial charge in [-0.15, -0.1) is 0 Å². The number of aryl methyl sites for hydroxylation is 2. The van der Waals surface area contributed by atoms with Gasteiger partial charge in [0.25, 0.3) is 0 Å². The number of furan rings is 1. The standard InChI is InChI=1S/C14H15NO/c1-9(2)12-5-3-10-4-6-13-11(7-8-16-13)14(10)15-12/h3,5,7-9H,4,6H2,1-2H3. The van der Waals surface area contributed by atoms with Crippen LogP contribution in [0.3, 0.4) is 0 Å². The lowest BCUT2D eigenvalue weighted by molar-refractivity contribution is 0.507. The molecular weight excluding hydrogens is 198 g/mol. The van der Waals surface area contributed by atoms with Gasteiger partial charge in [-0.2, -0.15) is 0 Å². The Morgan fingerprint density at radius 2 is 2.06 bits per heavy atom. The summed E-state index contributed by atoms with van der Waals surface area (Å²) in [5.41, 5.74) is 4.82. The Hall–Kier alpha value is -1.57. The molecule has 0 spiro atoms. The van der Waals surface area contributed by atoms with Crippen molar-refractivity contribution in [2.24, 2.45) is 0 Å². The van der Waals surface area contributed by atoms with Crippen LogP contribution in [0.4, 0.5) is 0 Å². The van der Waals surface area contributed by atoms with Crippen LogP contribution in [0.15, 0.2) is 28.9 Å². The van der Waals surface area contributed by atoms with Gasteiger partial charge in [-0.3, -0.25) is 4.98 Å². The maximum atomic E-state index is 5.47. The van der Waals surface area contributed by atoms with Crippen LogP contribution in [0.25, 0.3) is 11.3 Å². The van der Waals surface area contributed by atoms with Crippen molar-refractivity contribution in [3.63, 3.8) is 0 Å². The van der Waals surface area contributed by atoms with Crippen molar-refractivity contribution in [3.05, 3.63) is 41.5 Å². The van der Waals surface area contributed by atoms with Crippen LogP contribution in [-0.2, 0) is 12.8 Å². The van der Waals surface area contributed by atoms with E-state index in [1.807, 2.05) is 6.07 Å². The average Bonchev–Trinajstić information content (AvgIpc) is 2.76. The molecule has 0 fully saturated rings. The van der Waals surface area contributed by atoms with E-state index in [0.29, 0.717) is 5.92 Å². The van der Waals surface area contributed by atoms with Gasteiger partial charge in [0.05, 0.1) is 12.0 Å². The molecule has 0 unspecified atom stereocenters. The lowest BCUT2D eigenvalue weighted by Gasteiger charge is -2.16. The van der Waals surface area contributed by atoms with Gasteiger partial charge in [-0.1, -0.05) is 19.9 Å². The van der Waals surface area contributed by atoms with Crippen LogP contribution in [0.5, 0.6) is 0 Å². The van der Waals surface area contributed by atoms with Gasteiger partial charge in [0.2, 0.25) is 0 Å². The van der Waals surface area contributed by atoms with Gasteiger partial charge in [0.15, 0.2) is 0 Å². The lowest BCUT2D eigenvalue weighted by atomic mass is 9.93. The van der Waals surface area contributed by atoms with Crippen LogP contribution in [-0.4, -0.2) is 4.98 Å².